The van der Waals surface area contributed by atoms with Crippen molar-refractivity contribution in [1.82, 2.24) is 9.80 Å². The predicted octanol–water partition coefficient (Wildman–Crippen LogP) is 2.51. The zero-order valence-electron chi connectivity index (χ0n) is 14.5. The number of piperazine rings is 1. The Hall–Kier alpha value is -1.84. The summed E-state index contributed by atoms with van der Waals surface area (Å²) in [5.74, 6) is 0.415. The topological polar surface area (TPSA) is 40.6 Å². The van der Waals surface area contributed by atoms with Crippen LogP contribution in [0.4, 0.5) is 0 Å². The molecule has 0 bridgehead atoms. The van der Waals surface area contributed by atoms with Crippen molar-refractivity contribution in [2.75, 3.05) is 26.2 Å². The molecule has 0 atom stereocenters. The molecule has 0 radical (unpaired) electrons. The zero-order chi connectivity index (χ0) is 16.8. The number of hydrogen-bond acceptors (Lipinski definition) is 2. The second-order valence-corrected chi connectivity index (χ2v) is 6.53. The van der Waals surface area contributed by atoms with Crippen LogP contribution in [0.2, 0.25) is 0 Å². The summed E-state index contributed by atoms with van der Waals surface area (Å²) in [5.41, 5.74) is 2.54. The summed E-state index contributed by atoms with van der Waals surface area (Å²) >= 11 is 0. The highest BCUT2D eigenvalue weighted by molar-refractivity contribution is 5.79. The van der Waals surface area contributed by atoms with E-state index in [9.17, 15) is 9.59 Å². The van der Waals surface area contributed by atoms with Gasteiger partial charge in [-0.05, 0) is 24.0 Å². The third kappa shape index (κ3) is 4.81. The maximum absolute atomic E-state index is 12.3. The molecule has 23 heavy (non-hydrogen) atoms. The molecule has 1 aromatic rings. The average molecular weight is 316 g/mol. The number of amides is 2. The third-order valence-corrected chi connectivity index (χ3v) is 4.50. The van der Waals surface area contributed by atoms with Gasteiger partial charge < -0.3 is 9.80 Å². The van der Waals surface area contributed by atoms with Crippen LogP contribution in [0.15, 0.2) is 24.3 Å². The molecule has 0 N–H and O–H groups in total. The molecule has 0 aliphatic carbocycles. The molecule has 1 saturated heterocycles. The van der Waals surface area contributed by atoms with Crippen molar-refractivity contribution < 1.29 is 9.59 Å². The quantitative estimate of drug-likeness (QED) is 0.837. The number of hydrogen-bond donors (Lipinski definition) is 0. The van der Waals surface area contributed by atoms with E-state index in [0.29, 0.717) is 32.6 Å². The van der Waals surface area contributed by atoms with Crippen LogP contribution in [-0.4, -0.2) is 47.8 Å². The van der Waals surface area contributed by atoms with Crippen LogP contribution < -0.4 is 0 Å². The highest BCUT2D eigenvalue weighted by Gasteiger charge is 2.24. The number of carbonyl (C=O) groups is 2. The van der Waals surface area contributed by atoms with E-state index in [4.69, 9.17) is 0 Å². The molecule has 1 heterocycles. The summed E-state index contributed by atoms with van der Waals surface area (Å²) in [6, 6.07) is 8.50. The van der Waals surface area contributed by atoms with E-state index in [1.165, 1.54) is 11.1 Å². The average Bonchev–Trinajstić information content (AvgIpc) is 2.59. The first-order chi connectivity index (χ1) is 11.0. The van der Waals surface area contributed by atoms with Gasteiger partial charge in [0.05, 0.1) is 0 Å². The molecule has 4 heteroatoms. The fraction of sp³-hybridized carbons (Fsp3) is 0.579. The molecular formula is C19H28N2O2. The van der Waals surface area contributed by atoms with E-state index in [2.05, 4.69) is 31.2 Å². The second-order valence-electron chi connectivity index (χ2n) is 6.53. The molecule has 4 nitrogen and oxygen atoms in total. The fourth-order valence-corrected chi connectivity index (χ4v) is 2.89. The van der Waals surface area contributed by atoms with Crippen LogP contribution in [-0.2, 0) is 22.4 Å². The lowest BCUT2D eigenvalue weighted by Crippen LogP contribution is -2.51. The summed E-state index contributed by atoms with van der Waals surface area (Å²) in [7, 11) is 0. The minimum Gasteiger partial charge on any atom is -0.339 e. The van der Waals surface area contributed by atoms with Crippen molar-refractivity contribution in [3.05, 3.63) is 35.4 Å². The van der Waals surface area contributed by atoms with Crippen molar-refractivity contribution in [3.63, 3.8) is 0 Å². The normalized spacial score (nSPS) is 15.1. The first-order valence-corrected chi connectivity index (χ1v) is 8.65. The van der Waals surface area contributed by atoms with Gasteiger partial charge in [-0.25, -0.2) is 0 Å². The van der Waals surface area contributed by atoms with E-state index in [1.807, 2.05) is 23.6 Å². The van der Waals surface area contributed by atoms with Crippen LogP contribution in [0.5, 0.6) is 0 Å². The summed E-state index contributed by atoms with van der Waals surface area (Å²) in [5, 5.41) is 0. The van der Waals surface area contributed by atoms with Crippen LogP contribution >= 0.6 is 0 Å². The highest BCUT2D eigenvalue weighted by Crippen LogP contribution is 2.11. The van der Waals surface area contributed by atoms with Crippen LogP contribution in [0, 0.1) is 5.92 Å². The molecule has 0 saturated carbocycles. The fourth-order valence-electron chi connectivity index (χ4n) is 2.89. The molecule has 1 aliphatic rings. The number of nitrogens with zero attached hydrogens (tertiary/aromatic N) is 2. The lowest BCUT2D eigenvalue weighted by Gasteiger charge is -2.35. The number of rotatable bonds is 5. The van der Waals surface area contributed by atoms with Gasteiger partial charge in [-0.2, -0.15) is 0 Å². The van der Waals surface area contributed by atoms with Crippen LogP contribution in [0.1, 0.15) is 38.3 Å². The van der Waals surface area contributed by atoms with E-state index in [-0.39, 0.29) is 17.7 Å². The molecule has 2 amide bonds. The van der Waals surface area contributed by atoms with Crippen molar-refractivity contribution in [1.29, 1.82) is 0 Å². The molecule has 0 unspecified atom stereocenters. The van der Waals surface area contributed by atoms with E-state index in [1.54, 1.807) is 0 Å². The largest absolute Gasteiger partial charge is 0.339 e. The highest BCUT2D eigenvalue weighted by atomic mass is 16.2. The Labute approximate surface area is 139 Å². The minimum atomic E-state index is 0.0309. The maximum Gasteiger partial charge on any atom is 0.225 e. The van der Waals surface area contributed by atoms with Gasteiger partial charge in [-0.1, -0.05) is 45.0 Å². The monoisotopic (exact) mass is 316 g/mol. The van der Waals surface area contributed by atoms with Gasteiger partial charge >= 0.3 is 0 Å². The summed E-state index contributed by atoms with van der Waals surface area (Å²) in [4.78, 5) is 28.1. The molecule has 126 valence electrons. The van der Waals surface area contributed by atoms with E-state index < -0.39 is 0 Å². The molecule has 1 aromatic carbocycles. The molecule has 0 spiro atoms. The van der Waals surface area contributed by atoms with Gasteiger partial charge in [0.25, 0.3) is 0 Å². The summed E-state index contributed by atoms with van der Waals surface area (Å²) < 4.78 is 0. The maximum atomic E-state index is 12.3. The Morgan fingerprint density at radius 1 is 0.957 bits per heavy atom. The molecular weight excluding hydrogens is 288 g/mol. The Bertz CT molecular complexity index is 529. The minimum absolute atomic E-state index is 0.0309. The molecule has 0 aromatic heterocycles. The second kappa shape index (κ2) is 8.14. The van der Waals surface area contributed by atoms with Crippen molar-refractivity contribution in [2.45, 2.75) is 40.0 Å². The first-order valence-electron chi connectivity index (χ1n) is 8.65. The van der Waals surface area contributed by atoms with Gasteiger partial charge in [0.15, 0.2) is 0 Å². The predicted molar refractivity (Wildman–Crippen MR) is 92.1 cm³/mol. The molecule has 1 fully saturated rings. The van der Waals surface area contributed by atoms with E-state index >= 15 is 0 Å². The SMILES string of the molecule is CCc1ccc(CCC(=O)N2CCN(C(=O)C(C)C)CC2)cc1. The Kier molecular flexibility index (Phi) is 6.20. The Morgan fingerprint density at radius 2 is 1.48 bits per heavy atom. The third-order valence-electron chi connectivity index (χ3n) is 4.50. The van der Waals surface area contributed by atoms with Gasteiger partial charge in [0.1, 0.15) is 0 Å². The van der Waals surface area contributed by atoms with Gasteiger partial charge in [0.2, 0.25) is 11.8 Å². The smallest absolute Gasteiger partial charge is 0.225 e. The van der Waals surface area contributed by atoms with Crippen molar-refractivity contribution in [3.8, 4) is 0 Å². The van der Waals surface area contributed by atoms with Gasteiger partial charge in [-0.3, -0.25) is 9.59 Å². The Morgan fingerprint density at radius 3 is 2.00 bits per heavy atom. The lowest BCUT2D eigenvalue weighted by molar-refractivity contribution is -0.141. The van der Waals surface area contributed by atoms with Gasteiger partial charge in [-0.15, -0.1) is 0 Å². The van der Waals surface area contributed by atoms with E-state index in [0.717, 1.165) is 12.8 Å². The zero-order valence-corrected chi connectivity index (χ0v) is 14.5. The first kappa shape index (κ1) is 17.5. The molecule has 2 rings (SSSR count). The Balaban J connectivity index is 1.77. The van der Waals surface area contributed by atoms with Crippen molar-refractivity contribution in [2.24, 2.45) is 5.92 Å². The number of benzene rings is 1. The van der Waals surface area contributed by atoms with Crippen molar-refractivity contribution >= 4 is 11.8 Å². The van der Waals surface area contributed by atoms with Crippen LogP contribution in [0.25, 0.3) is 0 Å². The lowest BCUT2D eigenvalue weighted by atomic mass is 10.1. The standard InChI is InChI=1S/C19H28N2O2/c1-4-16-5-7-17(8-6-16)9-10-18(22)20-11-13-21(14-12-20)19(23)15(2)3/h5-8,15H,4,9-14H2,1-3H3. The number of aryl methyl sites for hydroxylation is 2. The summed E-state index contributed by atoms with van der Waals surface area (Å²) in [6.45, 7) is 8.62. The molecule has 1 aliphatic heterocycles. The van der Waals surface area contributed by atoms with Gasteiger partial charge in [0, 0.05) is 38.5 Å². The summed E-state index contributed by atoms with van der Waals surface area (Å²) in [6.07, 6.45) is 2.37. The van der Waals surface area contributed by atoms with Crippen LogP contribution in [0.3, 0.4) is 0 Å². The number of carbonyl (C=O) groups excluding carboxylic acids is 2.